The van der Waals surface area contributed by atoms with Gasteiger partial charge >= 0.3 is 0 Å². The van der Waals surface area contributed by atoms with Crippen LogP contribution in [0.5, 0.6) is 0 Å². The minimum atomic E-state index is -1.04. The molecule has 0 bridgehead atoms. The number of hydrogen-bond donors (Lipinski definition) is 3. The number of aliphatic hydroxyl groups excluding tert-OH is 2. The molecule has 148 valence electrons. The van der Waals surface area contributed by atoms with Crippen LogP contribution >= 0.6 is 0 Å². The molecule has 3 aliphatic rings. The van der Waals surface area contributed by atoms with Crippen LogP contribution in [-0.4, -0.2) is 52.1 Å². The van der Waals surface area contributed by atoms with E-state index in [1.165, 1.54) is 0 Å². The van der Waals surface area contributed by atoms with Crippen molar-refractivity contribution in [2.75, 3.05) is 6.61 Å². The molecule has 0 radical (unpaired) electrons. The van der Waals surface area contributed by atoms with Gasteiger partial charge in [0.1, 0.15) is 6.29 Å². The normalized spacial score (nSPS) is 46.3. The summed E-state index contributed by atoms with van der Waals surface area (Å²) in [7, 11) is 0. The van der Waals surface area contributed by atoms with E-state index in [1.54, 1.807) is 6.92 Å². The molecule has 1 aliphatic heterocycles. The van der Waals surface area contributed by atoms with Crippen molar-refractivity contribution in [3.05, 3.63) is 11.1 Å². The molecule has 5 nitrogen and oxygen atoms in total. The van der Waals surface area contributed by atoms with Crippen LogP contribution in [-0.2, 0) is 9.53 Å². The summed E-state index contributed by atoms with van der Waals surface area (Å²) in [5, 5.41) is 32.7. The topological polar surface area (TPSA) is 87.0 Å². The fourth-order valence-electron chi connectivity index (χ4n) is 5.91. The Kier molecular flexibility index (Phi) is 4.92. The Morgan fingerprint density at radius 3 is 2.50 bits per heavy atom. The van der Waals surface area contributed by atoms with Crippen molar-refractivity contribution < 1.29 is 24.9 Å². The van der Waals surface area contributed by atoms with Gasteiger partial charge < -0.3 is 24.9 Å². The summed E-state index contributed by atoms with van der Waals surface area (Å²) in [4.78, 5) is 12.0. The lowest BCUT2D eigenvalue weighted by atomic mass is 9.52. The number of aliphatic hydroxyl groups is 3. The molecule has 7 atom stereocenters. The van der Waals surface area contributed by atoms with Crippen molar-refractivity contribution in [2.45, 2.75) is 84.2 Å². The van der Waals surface area contributed by atoms with Crippen LogP contribution in [0.1, 0.15) is 60.3 Å². The van der Waals surface area contributed by atoms with Crippen molar-refractivity contribution in [3.63, 3.8) is 0 Å². The molecular weight excluding hydrogens is 332 g/mol. The lowest BCUT2D eigenvalue weighted by Gasteiger charge is -2.58. The number of carbonyl (C=O) groups is 1. The number of carbonyl (C=O) groups excluding carboxylic acids is 1. The van der Waals surface area contributed by atoms with Gasteiger partial charge in [0.15, 0.2) is 0 Å². The van der Waals surface area contributed by atoms with Gasteiger partial charge in [-0.3, -0.25) is 0 Å². The van der Waals surface area contributed by atoms with Crippen molar-refractivity contribution in [3.8, 4) is 0 Å². The molecule has 0 aromatic carbocycles. The Bertz CT molecular complexity index is 610. The largest absolute Gasteiger partial charge is 0.392 e. The fourth-order valence-corrected chi connectivity index (χ4v) is 5.91. The smallest absolute Gasteiger partial charge is 0.128 e. The highest BCUT2D eigenvalue weighted by molar-refractivity contribution is 5.61. The highest BCUT2D eigenvalue weighted by Gasteiger charge is 2.60. The summed E-state index contributed by atoms with van der Waals surface area (Å²) in [6.45, 7) is 10.2. The number of hydrogen-bond acceptors (Lipinski definition) is 5. The standard InChI is InChI=1S/C21H34O5/c1-12-6-7-21(25,19(3,4)18(12)13(2)23)9-15-14-10-26-16(14)8-17(24)20(15,5)11-22/h11,13-17,23-25H,6-10H2,1-5H3/t13-,14?,15?,16?,17-,20-,21+/m0/s1. The Morgan fingerprint density at radius 2 is 2.00 bits per heavy atom. The second kappa shape index (κ2) is 6.40. The lowest BCUT2D eigenvalue weighted by Crippen LogP contribution is -2.63. The molecular formula is C21H34O5. The van der Waals surface area contributed by atoms with Crippen LogP contribution in [0.3, 0.4) is 0 Å². The molecule has 5 heteroatoms. The third-order valence-electron chi connectivity index (χ3n) is 7.91. The molecule has 0 amide bonds. The Morgan fingerprint density at radius 1 is 1.35 bits per heavy atom. The zero-order valence-electron chi connectivity index (χ0n) is 16.7. The summed E-state index contributed by atoms with van der Waals surface area (Å²) in [6, 6.07) is 0. The Balaban J connectivity index is 1.97. The van der Waals surface area contributed by atoms with Gasteiger partial charge in [-0.25, -0.2) is 0 Å². The molecule has 2 aliphatic carbocycles. The summed E-state index contributed by atoms with van der Waals surface area (Å²) in [6.07, 6.45) is 1.73. The maximum atomic E-state index is 12.0. The molecule has 1 saturated carbocycles. The van der Waals surface area contributed by atoms with E-state index in [0.29, 0.717) is 25.9 Å². The third kappa shape index (κ3) is 2.70. The van der Waals surface area contributed by atoms with E-state index in [9.17, 15) is 20.1 Å². The maximum absolute atomic E-state index is 12.0. The van der Waals surface area contributed by atoms with E-state index < -0.39 is 28.6 Å². The third-order valence-corrected chi connectivity index (χ3v) is 7.91. The first-order valence-electron chi connectivity index (χ1n) is 9.84. The first-order valence-corrected chi connectivity index (χ1v) is 9.84. The average molecular weight is 366 g/mol. The van der Waals surface area contributed by atoms with Crippen LogP contribution < -0.4 is 0 Å². The van der Waals surface area contributed by atoms with E-state index in [0.717, 1.165) is 23.9 Å². The van der Waals surface area contributed by atoms with E-state index in [4.69, 9.17) is 4.74 Å². The molecule has 0 aromatic heterocycles. The van der Waals surface area contributed by atoms with Crippen LogP contribution in [0.25, 0.3) is 0 Å². The SMILES string of the molecule is CC1=C([C@H](C)O)C(C)(C)[C@](O)(CC2C3COC3C[C@H](O)[C@@]2(C)C=O)CC1. The van der Waals surface area contributed by atoms with E-state index >= 15 is 0 Å². The van der Waals surface area contributed by atoms with E-state index in [1.807, 2.05) is 27.7 Å². The van der Waals surface area contributed by atoms with Crippen molar-refractivity contribution in [1.29, 1.82) is 0 Å². The molecule has 0 aromatic rings. The zero-order chi connectivity index (χ0) is 19.5. The molecule has 3 unspecified atom stereocenters. The average Bonchev–Trinajstić information content (AvgIpc) is 2.52. The Hall–Kier alpha value is -0.750. The van der Waals surface area contributed by atoms with Crippen LogP contribution in [0.2, 0.25) is 0 Å². The second-order valence-electron chi connectivity index (χ2n) is 9.61. The van der Waals surface area contributed by atoms with Crippen LogP contribution in [0.4, 0.5) is 0 Å². The quantitative estimate of drug-likeness (QED) is 0.525. The van der Waals surface area contributed by atoms with Gasteiger partial charge in [0.25, 0.3) is 0 Å². The zero-order valence-corrected chi connectivity index (χ0v) is 16.7. The summed E-state index contributed by atoms with van der Waals surface area (Å²) >= 11 is 0. The van der Waals surface area contributed by atoms with Gasteiger partial charge in [0.2, 0.25) is 0 Å². The summed E-state index contributed by atoms with van der Waals surface area (Å²) in [5.74, 6) is 0.0517. The molecule has 0 spiro atoms. The first kappa shape index (κ1) is 20.0. The molecule has 3 N–H and O–H groups in total. The van der Waals surface area contributed by atoms with Crippen LogP contribution in [0.15, 0.2) is 11.1 Å². The highest BCUT2D eigenvalue weighted by Crippen LogP contribution is 2.57. The molecule has 3 rings (SSSR count). The predicted octanol–water partition coefficient (Wildman–Crippen LogP) is 2.23. The van der Waals surface area contributed by atoms with Crippen molar-refractivity contribution >= 4 is 6.29 Å². The number of rotatable bonds is 4. The van der Waals surface area contributed by atoms with Crippen molar-refractivity contribution in [1.82, 2.24) is 0 Å². The lowest BCUT2D eigenvalue weighted by molar-refractivity contribution is -0.232. The minimum absolute atomic E-state index is 0.0214. The van der Waals surface area contributed by atoms with Gasteiger partial charge in [-0.15, -0.1) is 0 Å². The summed E-state index contributed by atoms with van der Waals surface area (Å²) in [5.41, 5.74) is -0.475. The molecule has 1 heterocycles. The monoisotopic (exact) mass is 366 g/mol. The molecule has 26 heavy (non-hydrogen) atoms. The second-order valence-corrected chi connectivity index (χ2v) is 9.61. The minimum Gasteiger partial charge on any atom is -0.392 e. The fraction of sp³-hybridized carbons (Fsp3) is 0.857. The number of allylic oxidation sites excluding steroid dienone is 1. The van der Waals surface area contributed by atoms with Gasteiger partial charge in [-0.05, 0) is 44.6 Å². The van der Waals surface area contributed by atoms with E-state index in [2.05, 4.69) is 0 Å². The molecule has 1 saturated heterocycles. The highest BCUT2D eigenvalue weighted by atomic mass is 16.5. The molecule has 2 fully saturated rings. The van der Waals surface area contributed by atoms with Gasteiger partial charge in [0.05, 0.1) is 35.9 Å². The predicted molar refractivity (Wildman–Crippen MR) is 98.5 cm³/mol. The first-order chi connectivity index (χ1) is 12.0. The summed E-state index contributed by atoms with van der Waals surface area (Å²) < 4.78 is 5.62. The Labute approximate surface area is 156 Å². The van der Waals surface area contributed by atoms with Crippen LogP contribution in [0, 0.1) is 22.7 Å². The van der Waals surface area contributed by atoms with Gasteiger partial charge in [-0.2, -0.15) is 0 Å². The van der Waals surface area contributed by atoms with E-state index in [-0.39, 0.29) is 17.9 Å². The van der Waals surface area contributed by atoms with Crippen molar-refractivity contribution in [2.24, 2.45) is 22.7 Å². The van der Waals surface area contributed by atoms with Gasteiger partial charge in [-0.1, -0.05) is 26.3 Å². The number of aldehydes is 1. The number of fused-ring (bicyclic) bond motifs is 1. The van der Waals surface area contributed by atoms with Gasteiger partial charge in [0, 0.05) is 17.8 Å². The maximum Gasteiger partial charge on any atom is 0.128 e. The number of ether oxygens (including phenoxy) is 1.